The molecule has 0 aliphatic carbocycles. The molecule has 2 heterocycles. The number of nitrogens with zero attached hydrogens (tertiary/aromatic N) is 1. The van der Waals surface area contributed by atoms with E-state index in [0.29, 0.717) is 10.8 Å². The molecule has 3 rings (SSSR count). The van der Waals surface area contributed by atoms with Gasteiger partial charge in [-0.25, -0.2) is 4.21 Å². The largest absolute Gasteiger partial charge is 0.317 e. The number of nitrogens with one attached hydrogen (secondary N) is 1. The summed E-state index contributed by atoms with van der Waals surface area (Å²) in [7, 11) is 0. The molecule has 0 saturated carbocycles. The molecule has 1 aromatic rings. The minimum absolute atomic E-state index is 0.523. The van der Waals surface area contributed by atoms with Gasteiger partial charge in [0.25, 0.3) is 0 Å². The summed E-state index contributed by atoms with van der Waals surface area (Å²) in [4.78, 5) is 3.13. The molecule has 0 spiro atoms. The first kappa shape index (κ1) is 16.1. The first-order valence-corrected chi connectivity index (χ1v) is 9.47. The third kappa shape index (κ3) is 4.16. The SMILES string of the molecule is O=S(O)c1cccc(C2CCN(CC3CCNCC3)CC2)c1. The summed E-state index contributed by atoms with van der Waals surface area (Å²) < 4.78 is 20.4. The first-order valence-electron chi connectivity index (χ1n) is 8.36. The van der Waals surface area contributed by atoms with Crippen LogP contribution < -0.4 is 5.32 Å². The smallest absolute Gasteiger partial charge is 0.186 e. The van der Waals surface area contributed by atoms with Crippen LogP contribution in [0, 0.1) is 5.92 Å². The van der Waals surface area contributed by atoms with Crippen molar-refractivity contribution in [1.29, 1.82) is 0 Å². The van der Waals surface area contributed by atoms with Gasteiger partial charge in [-0.2, -0.15) is 0 Å². The molecule has 0 amide bonds. The van der Waals surface area contributed by atoms with E-state index in [-0.39, 0.29) is 0 Å². The summed E-state index contributed by atoms with van der Waals surface area (Å²) in [5.74, 6) is 1.39. The number of piperidine rings is 2. The quantitative estimate of drug-likeness (QED) is 0.836. The zero-order valence-electron chi connectivity index (χ0n) is 13.0. The average Bonchev–Trinajstić information content (AvgIpc) is 2.56. The Morgan fingerprint density at radius 2 is 1.91 bits per heavy atom. The van der Waals surface area contributed by atoms with Crippen molar-refractivity contribution in [3.63, 3.8) is 0 Å². The second-order valence-electron chi connectivity index (χ2n) is 6.59. The normalized spacial score (nSPS) is 23.5. The highest BCUT2D eigenvalue weighted by molar-refractivity contribution is 7.79. The predicted octanol–water partition coefficient (Wildman–Crippen LogP) is 2.45. The van der Waals surface area contributed by atoms with E-state index < -0.39 is 11.1 Å². The molecule has 0 radical (unpaired) electrons. The van der Waals surface area contributed by atoms with Crippen LogP contribution >= 0.6 is 0 Å². The summed E-state index contributed by atoms with van der Waals surface area (Å²) >= 11 is -1.87. The molecule has 2 aliphatic heterocycles. The number of likely N-dealkylation sites (tertiary alicyclic amines) is 1. The maximum Gasteiger partial charge on any atom is 0.186 e. The Labute approximate surface area is 135 Å². The summed E-state index contributed by atoms with van der Waals surface area (Å²) in [6.07, 6.45) is 4.94. The van der Waals surface area contributed by atoms with Gasteiger partial charge >= 0.3 is 0 Å². The van der Waals surface area contributed by atoms with E-state index in [1.807, 2.05) is 12.1 Å². The second-order valence-corrected chi connectivity index (χ2v) is 7.56. The standard InChI is InChI=1S/C17H26N2O2S/c20-22(21)17-3-1-2-16(12-17)15-6-10-19(11-7-15)13-14-4-8-18-9-5-14/h1-3,12,14-15,18H,4-11,13H2,(H,20,21). The number of hydrogen-bond acceptors (Lipinski definition) is 3. The van der Waals surface area contributed by atoms with Crippen molar-refractivity contribution >= 4 is 11.1 Å². The van der Waals surface area contributed by atoms with Crippen LogP contribution in [0.2, 0.25) is 0 Å². The monoisotopic (exact) mass is 322 g/mol. The van der Waals surface area contributed by atoms with Crippen LogP contribution in [0.5, 0.6) is 0 Å². The van der Waals surface area contributed by atoms with Crippen molar-refractivity contribution < 1.29 is 8.76 Å². The molecule has 2 aliphatic rings. The van der Waals surface area contributed by atoms with Crippen LogP contribution in [0.3, 0.4) is 0 Å². The van der Waals surface area contributed by atoms with E-state index in [1.165, 1.54) is 38.0 Å². The minimum Gasteiger partial charge on any atom is -0.317 e. The van der Waals surface area contributed by atoms with E-state index in [2.05, 4.69) is 16.3 Å². The number of rotatable bonds is 4. The second kappa shape index (κ2) is 7.68. The van der Waals surface area contributed by atoms with Gasteiger partial charge in [-0.1, -0.05) is 12.1 Å². The van der Waals surface area contributed by atoms with Crippen LogP contribution in [0.15, 0.2) is 29.2 Å². The van der Waals surface area contributed by atoms with Crippen LogP contribution in [0.25, 0.3) is 0 Å². The molecule has 5 heteroatoms. The summed E-state index contributed by atoms with van der Waals surface area (Å²) in [5.41, 5.74) is 1.22. The molecule has 1 atom stereocenters. The van der Waals surface area contributed by atoms with E-state index in [1.54, 1.807) is 6.07 Å². The first-order chi connectivity index (χ1) is 10.7. The van der Waals surface area contributed by atoms with Crippen LogP contribution in [0.1, 0.15) is 37.2 Å². The van der Waals surface area contributed by atoms with Crippen LogP contribution in [-0.4, -0.2) is 46.4 Å². The van der Waals surface area contributed by atoms with Gasteiger partial charge in [0.2, 0.25) is 0 Å². The summed E-state index contributed by atoms with van der Waals surface area (Å²) in [5, 5.41) is 3.43. The van der Waals surface area contributed by atoms with E-state index in [9.17, 15) is 8.76 Å². The highest BCUT2D eigenvalue weighted by atomic mass is 32.2. The molecule has 1 unspecified atom stereocenters. The molecule has 2 N–H and O–H groups in total. The Balaban J connectivity index is 1.52. The lowest BCUT2D eigenvalue weighted by Crippen LogP contribution is -2.39. The van der Waals surface area contributed by atoms with Crippen molar-refractivity contribution in [2.45, 2.75) is 36.5 Å². The van der Waals surface area contributed by atoms with Gasteiger partial charge in [0.1, 0.15) is 0 Å². The van der Waals surface area contributed by atoms with Gasteiger partial charge in [0.15, 0.2) is 11.1 Å². The Hall–Kier alpha value is -0.750. The Bertz CT molecular complexity index is 509. The van der Waals surface area contributed by atoms with Crippen molar-refractivity contribution in [3.8, 4) is 0 Å². The third-order valence-corrected chi connectivity index (χ3v) is 5.75. The van der Waals surface area contributed by atoms with Gasteiger partial charge in [-0.05, 0) is 81.4 Å². The van der Waals surface area contributed by atoms with Gasteiger partial charge in [0, 0.05) is 6.54 Å². The highest BCUT2D eigenvalue weighted by Gasteiger charge is 2.23. The number of hydrogen-bond donors (Lipinski definition) is 2. The predicted molar refractivity (Wildman–Crippen MR) is 89.5 cm³/mol. The molecular weight excluding hydrogens is 296 g/mol. The Morgan fingerprint density at radius 3 is 2.59 bits per heavy atom. The van der Waals surface area contributed by atoms with Gasteiger partial charge in [-0.3, -0.25) is 0 Å². The molecular formula is C17H26N2O2S. The van der Waals surface area contributed by atoms with Crippen molar-refractivity contribution in [2.24, 2.45) is 5.92 Å². The van der Waals surface area contributed by atoms with E-state index in [0.717, 1.165) is 31.8 Å². The Morgan fingerprint density at radius 1 is 1.18 bits per heavy atom. The lowest BCUT2D eigenvalue weighted by Gasteiger charge is -2.35. The molecule has 0 bridgehead atoms. The van der Waals surface area contributed by atoms with Crippen molar-refractivity contribution in [2.75, 3.05) is 32.7 Å². The molecule has 22 heavy (non-hydrogen) atoms. The van der Waals surface area contributed by atoms with Gasteiger partial charge < -0.3 is 14.8 Å². The summed E-state index contributed by atoms with van der Waals surface area (Å²) in [6.45, 7) is 5.90. The number of benzene rings is 1. The fourth-order valence-electron chi connectivity index (χ4n) is 3.76. The van der Waals surface area contributed by atoms with Crippen LogP contribution in [0.4, 0.5) is 0 Å². The fraction of sp³-hybridized carbons (Fsp3) is 0.647. The lowest BCUT2D eigenvalue weighted by molar-refractivity contribution is 0.167. The zero-order valence-corrected chi connectivity index (χ0v) is 13.9. The molecule has 4 nitrogen and oxygen atoms in total. The van der Waals surface area contributed by atoms with E-state index in [4.69, 9.17) is 0 Å². The van der Waals surface area contributed by atoms with Gasteiger partial charge in [-0.15, -0.1) is 0 Å². The molecule has 2 fully saturated rings. The summed E-state index contributed by atoms with van der Waals surface area (Å²) in [6, 6.07) is 7.64. The minimum atomic E-state index is -1.87. The van der Waals surface area contributed by atoms with Crippen molar-refractivity contribution in [1.82, 2.24) is 10.2 Å². The van der Waals surface area contributed by atoms with Crippen LogP contribution in [-0.2, 0) is 11.1 Å². The molecule has 0 aromatic heterocycles. The topological polar surface area (TPSA) is 52.6 Å². The van der Waals surface area contributed by atoms with E-state index >= 15 is 0 Å². The van der Waals surface area contributed by atoms with Crippen molar-refractivity contribution in [3.05, 3.63) is 29.8 Å². The zero-order chi connectivity index (χ0) is 15.4. The lowest BCUT2D eigenvalue weighted by atomic mass is 9.88. The average molecular weight is 322 g/mol. The fourth-order valence-corrected chi connectivity index (χ4v) is 4.19. The van der Waals surface area contributed by atoms with Gasteiger partial charge in [0.05, 0.1) is 4.90 Å². The molecule has 122 valence electrons. The Kier molecular flexibility index (Phi) is 5.63. The molecule has 1 aromatic carbocycles. The highest BCUT2D eigenvalue weighted by Crippen LogP contribution is 2.29. The maximum atomic E-state index is 11.2. The third-order valence-electron chi connectivity index (χ3n) is 5.09. The molecule has 2 saturated heterocycles. The maximum absolute atomic E-state index is 11.2.